The summed E-state index contributed by atoms with van der Waals surface area (Å²) in [5, 5.41) is 14.2. The van der Waals surface area contributed by atoms with Gasteiger partial charge in [-0.1, -0.05) is 55.0 Å². The molecule has 0 saturated heterocycles. The maximum atomic E-state index is 13.5. The van der Waals surface area contributed by atoms with E-state index in [1.807, 2.05) is 53.8 Å². The van der Waals surface area contributed by atoms with Crippen LogP contribution in [-0.4, -0.2) is 24.3 Å². The van der Waals surface area contributed by atoms with Crippen LogP contribution in [0, 0.1) is 6.92 Å². The quantitative estimate of drug-likeness (QED) is 0.337. The van der Waals surface area contributed by atoms with Crippen molar-refractivity contribution in [1.29, 1.82) is 0 Å². The lowest BCUT2D eigenvalue weighted by Crippen LogP contribution is -2.21. The largest absolute Gasteiger partial charge is 0.361 e. The predicted molar refractivity (Wildman–Crippen MR) is 126 cm³/mol. The van der Waals surface area contributed by atoms with Gasteiger partial charge in [-0.15, -0.1) is 10.2 Å². The Morgan fingerprint density at radius 2 is 1.88 bits per heavy atom. The van der Waals surface area contributed by atoms with Gasteiger partial charge in [0.05, 0.1) is 22.3 Å². The molecule has 0 spiro atoms. The summed E-state index contributed by atoms with van der Waals surface area (Å²) in [5.41, 5.74) is 3.53. The summed E-state index contributed by atoms with van der Waals surface area (Å²) in [4.78, 5) is 13.5. The van der Waals surface area contributed by atoms with Gasteiger partial charge < -0.3 is 4.52 Å². The van der Waals surface area contributed by atoms with E-state index in [1.165, 1.54) is 17.3 Å². The molecule has 3 aromatic heterocycles. The second-order valence-corrected chi connectivity index (χ2v) is 8.84. The summed E-state index contributed by atoms with van der Waals surface area (Å²) >= 11 is 1.51. The first-order valence-electron chi connectivity index (χ1n) is 10.6. The zero-order valence-electron chi connectivity index (χ0n) is 18.1. The van der Waals surface area contributed by atoms with E-state index in [0.717, 1.165) is 29.1 Å². The minimum atomic E-state index is -0.111. The molecule has 1 unspecified atom stereocenters. The monoisotopic (exact) mass is 445 g/mol. The number of para-hydroxylation sites is 1. The molecule has 0 amide bonds. The van der Waals surface area contributed by atoms with Crippen LogP contribution in [0.5, 0.6) is 0 Å². The molecular formula is C24H23N5O2S. The molecule has 0 aliphatic heterocycles. The highest BCUT2D eigenvalue weighted by Crippen LogP contribution is 2.26. The average molecular weight is 446 g/mol. The number of aryl methyl sites for hydroxylation is 1. The molecule has 3 heterocycles. The van der Waals surface area contributed by atoms with Crippen LogP contribution in [0.4, 0.5) is 0 Å². The van der Waals surface area contributed by atoms with E-state index in [2.05, 4.69) is 41.3 Å². The number of thioether (sulfide) groups is 1. The second kappa shape index (κ2) is 8.27. The van der Waals surface area contributed by atoms with Gasteiger partial charge in [0.25, 0.3) is 5.56 Å². The van der Waals surface area contributed by atoms with Gasteiger partial charge >= 0.3 is 0 Å². The van der Waals surface area contributed by atoms with Crippen LogP contribution in [0.3, 0.4) is 0 Å². The van der Waals surface area contributed by atoms with Gasteiger partial charge in [-0.05, 0) is 49.1 Å². The van der Waals surface area contributed by atoms with Crippen molar-refractivity contribution in [2.75, 3.05) is 0 Å². The number of rotatable bonds is 6. The molecule has 32 heavy (non-hydrogen) atoms. The lowest BCUT2D eigenvalue weighted by atomic mass is 9.98. The molecule has 162 valence electrons. The zero-order chi connectivity index (χ0) is 22.2. The fraction of sp³-hybridized carbons (Fsp3) is 0.250. The topological polar surface area (TPSA) is 78.2 Å². The third kappa shape index (κ3) is 3.50. The van der Waals surface area contributed by atoms with Crippen molar-refractivity contribution in [3.8, 4) is 5.69 Å². The van der Waals surface area contributed by atoms with Crippen molar-refractivity contribution < 1.29 is 4.52 Å². The van der Waals surface area contributed by atoms with Crippen LogP contribution in [0.25, 0.3) is 22.4 Å². The van der Waals surface area contributed by atoms with E-state index < -0.39 is 0 Å². The third-order valence-corrected chi connectivity index (χ3v) is 6.72. The first kappa shape index (κ1) is 20.5. The molecule has 5 aromatic rings. The Hall–Kier alpha value is -3.39. The van der Waals surface area contributed by atoms with Gasteiger partial charge in [0.15, 0.2) is 5.16 Å². The van der Waals surface area contributed by atoms with E-state index >= 15 is 0 Å². The van der Waals surface area contributed by atoms with Gasteiger partial charge in [0.2, 0.25) is 5.78 Å². The van der Waals surface area contributed by atoms with Gasteiger partial charge in [0.1, 0.15) is 5.76 Å². The van der Waals surface area contributed by atoms with Crippen molar-refractivity contribution in [3.05, 3.63) is 82.0 Å². The Morgan fingerprint density at radius 1 is 1.09 bits per heavy atom. The molecule has 8 heteroatoms. The van der Waals surface area contributed by atoms with Crippen molar-refractivity contribution in [2.24, 2.45) is 0 Å². The van der Waals surface area contributed by atoms with Gasteiger partial charge in [0, 0.05) is 11.8 Å². The van der Waals surface area contributed by atoms with Crippen LogP contribution in [0.15, 0.2) is 69.1 Å². The maximum absolute atomic E-state index is 13.5. The molecule has 0 saturated carbocycles. The van der Waals surface area contributed by atoms with Crippen molar-refractivity contribution >= 4 is 28.4 Å². The Kier molecular flexibility index (Phi) is 5.30. The molecule has 7 nitrogen and oxygen atoms in total. The first-order chi connectivity index (χ1) is 15.6. The molecule has 0 aliphatic rings. The summed E-state index contributed by atoms with van der Waals surface area (Å²) in [6, 6.07) is 17.6. The Balaban J connectivity index is 1.67. The van der Waals surface area contributed by atoms with E-state index in [-0.39, 0.29) is 5.56 Å². The summed E-state index contributed by atoms with van der Waals surface area (Å²) < 4.78 is 8.75. The van der Waals surface area contributed by atoms with Crippen molar-refractivity contribution in [1.82, 2.24) is 24.3 Å². The van der Waals surface area contributed by atoms with E-state index in [4.69, 9.17) is 4.52 Å². The highest BCUT2D eigenvalue weighted by atomic mass is 32.2. The van der Waals surface area contributed by atoms with Crippen molar-refractivity contribution in [2.45, 2.75) is 44.0 Å². The highest BCUT2D eigenvalue weighted by Gasteiger charge is 2.18. The molecule has 1 atom stereocenters. The van der Waals surface area contributed by atoms with Crippen molar-refractivity contribution in [3.63, 3.8) is 0 Å². The molecule has 0 radical (unpaired) electrons. The molecule has 0 N–H and O–H groups in total. The summed E-state index contributed by atoms with van der Waals surface area (Å²) in [6.07, 6.45) is 1.06. The van der Waals surface area contributed by atoms with Crippen LogP contribution in [0.2, 0.25) is 0 Å². The average Bonchev–Trinajstić information content (AvgIpc) is 3.44. The zero-order valence-corrected chi connectivity index (χ0v) is 19.0. The second-order valence-electron chi connectivity index (χ2n) is 7.89. The van der Waals surface area contributed by atoms with E-state index in [1.54, 1.807) is 4.57 Å². The fourth-order valence-electron chi connectivity index (χ4n) is 3.82. The van der Waals surface area contributed by atoms with Crippen LogP contribution >= 0.6 is 11.8 Å². The van der Waals surface area contributed by atoms with Crippen LogP contribution in [0.1, 0.15) is 43.2 Å². The van der Waals surface area contributed by atoms with Crippen LogP contribution in [-0.2, 0) is 5.75 Å². The maximum Gasteiger partial charge on any atom is 0.267 e. The lowest BCUT2D eigenvalue weighted by Gasteiger charge is -2.13. The van der Waals surface area contributed by atoms with E-state index in [0.29, 0.717) is 28.0 Å². The standard InChI is InChI=1S/C24H23N5O2S/c1-4-15(2)17-9-11-19(12-10-17)28-22(30)20-7-5-6-8-21(20)29-23(28)25-26-24(29)32-14-18-13-16(3)31-27-18/h5-13,15H,4,14H2,1-3H3. The Labute approximate surface area is 189 Å². The number of hydrogen-bond acceptors (Lipinski definition) is 6. The summed E-state index contributed by atoms with van der Waals surface area (Å²) in [7, 11) is 0. The molecule has 0 bridgehead atoms. The SMILES string of the molecule is CCC(C)c1ccc(-n2c(=O)c3ccccc3n3c(SCc4cc(C)on4)nnc23)cc1. The molecule has 2 aromatic carbocycles. The number of nitrogens with zero attached hydrogens (tertiary/aromatic N) is 5. The summed E-state index contributed by atoms with van der Waals surface area (Å²) in [6.45, 7) is 6.24. The van der Waals surface area contributed by atoms with Gasteiger partial charge in [-0.25, -0.2) is 4.57 Å². The lowest BCUT2D eigenvalue weighted by molar-refractivity contribution is 0.393. The first-order valence-corrected chi connectivity index (χ1v) is 11.6. The molecule has 0 fully saturated rings. The van der Waals surface area contributed by atoms with E-state index in [9.17, 15) is 4.79 Å². The normalized spacial score (nSPS) is 12.6. The molecular weight excluding hydrogens is 422 g/mol. The molecule has 0 aliphatic carbocycles. The number of fused-ring (bicyclic) bond motifs is 3. The summed E-state index contributed by atoms with van der Waals surface area (Å²) in [5.74, 6) is 2.32. The number of benzene rings is 2. The number of aromatic nitrogens is 5. The van der Waals surface area contributed by atoms with Crippen LogP contribution < -0.4 is 5.56 Å². The Morgan fingerprint density at radius 3 is 2.59 bits per heavy atom. The predicted octanol–water partition coefficient (Wildman–Crippen LogP) is 5.14. The minimum Gasteiger partial charge on any atom is -0.361 e. The number of hydrogen-bond donors (Lipinski definition) is 0. The molecule has 5 rings (SSSR count). The van der Waals surface area contributed by atoms with Gasteiger partial charge in [-0.2, -0.15) is 0 Å². The smallest absolute Gasteiger partial charge is 0.267 e. The van der Waals surface area contributed by atoms with Gasteiger partial charge in [-0.3, -0.25) is 9.20 Å². The fourth-order valence-corrected chi connectivity index (χ4v) is 4.64. The highest BCUT2D eigenvalue weighted by molar-refractivity contribution is 7.98. The minimum absolute atomic E-state index is 0.111. The Bertz CT molecular complexity index is 1470. The third-order valence-electron chi connectivity index (χ3n) is 5.75.